The van der Waals surface area contributed by atoms with Crippen LogP contribution in [0.5, 0.6) is 0 Å². The highest BCUT2D eigenvalue weighted by molar-refractivity contribution is 6.30. The summed E-state index contributed by atoms with van der Waals surface area (Å²) in [5.74, 6) is -0.154. The average molecular weight is 489 g/mol. The van der Waals surface area contributed by atoms with Crippen LogP contribution in [-0.4, -0.2) is 28.8 Å². The molecule has 0 saturated heterocycles. The van der Waals surface area contributed by atoms with Crippen LogP contribution in [0.1, 0.15) is 47.9 Å². The SMILES string of the molecule is Cc1cccc(CC(=O)N(Cc2cccc(Cl)c2)[C@H](Cc2ccccc2)C(=O)NC2CCCC2)c1. The van der Waals surface area contributed by atoms with E-state index in [1.165, 1.54) is 0 Å². The van der Waals surface area contributed by atoms with Gasteiger partial charge in [-0.05, 0) is 48.6 Å². The van der Waals surface area contributed by atoms with Gasteiger partial charge in [-0.3, -0.25) is 9.59 Å². The third-order valence-electron chi connectivity index (χ3n) is 6.65. The van der Waals surface area contributed by atoms with Crippen LogP contribution in [0.4, 0.5) is 0 Å². The first-order chi connectivity index (χ1) is 17.0. The molecule has 2 amide bonds. The number of aryl methyl sites for hydroxylation is 1. The van der Waals surface area contributed by atoms with E-state index in [0.29, 0.717) is 18.0 Å². The van der Waals surface area contributed by atoms with Gasteiger partial charge < -0.3 is 10.2 Å². The van der Waals surface area contributed by atoms with Crippen LogP contribution in [-0.2, 0) is 29.0 Å². The second-order valence-electron chi connectivity index (χ2n) is 9.51. The lowest BCUT2D eigenvalue weighted by atomic mass is 10.0. The number of rotatable bonds is 9. The average Bonchev–Trinajstić information content (AvgIpc) is 3.35. The van der Waals surface area contributed by atoms with E-state index in [1.54, 1.807) is 4.90 Å². The Morgan fingerprint density at radius 3 is 2.31 bits per heavy atom. The molecule has 3 aromatic carbocycles. The zero-order valence-corrected chi connectivity index (χ0v) is 21.0. The zero-order valence-electron chi connectivity index (χ0n) is 20.3. The fraction of sp³-hybridized carbons (Fsp3) is 0.333. The summed E-state index contributed by atoms with van der Waals surface area (Å²) in [5.41, 5.74) is 3.98. The maximum Gasteiger partial charge on any atom is 0.243 e. The quantitative estimate of drug-likeness (QED) is 0.408. The Morgan fingerprint density at radius 1 is 0.914 bits per heavy atom. The summed E-state index contributed by atoms with van der Waals surface area (Å²) in [7, 11) is 0. The highest BCUT2D eigenvalue weighted by atomic mass is 35.5. The molecule has 3 aromatic rings. The molecule has 0 heterocycles. The summed E-state index contributed by atoms with van der Waals surface area (Å²) in [5, 5.41) is 3.86. The van der Waals surface area contributed by atoms with Gasteiger partial charge in [0.05, 0.1) is 6.42 Å². The van der Waals surface area contributed by atoms with Crippen molar-refractivity contribution in [3.8, 4) is 0 Å². The summed E-state index contributed by atoms with van der Waals surface area (Å²) in [6, 6.07) is 25.0. The Hall–Kier alpha value is -3.11. The van der Waals surface area contributed by atoms with Gasteiger partial charge in [0, 0.05) is 24.0 Å². The van der Waals surface area contributed by atoms with Crippen LogP contribution >= 0.6 is 11.6 Å². The highest BCUT2D eigenvalue weighted by Crippen LogP contribution is 2.21. The van der Waals surface area contributed by atoms with E-state index in [9.17, 15) is 9.59 Å². The molecule has 1 N–H and O–H groups in total. The first kappa shape index (κ1) is 25.0. The molecule has 1 fully saturated rings. The number of amides is 2. The number of hydrogen-bond donors (Lipinski definition) is 1. The van der Waals surface area contributed by atoms with Crippen molar-refractivity contribution >= 4 is 23.4 Å². The van der Waals surface area contributed by atoms with E-state index in [-0.39, 0.29) is 24.3 Å². The van der Waals surface area contributed by atoms with E-state index in [2.05, 4.69) is 5.32 Å². The Labute approximate surface area is 213 Å². The van der Waals surface area contributed by atoms with Gasteiger partial charge in [-0.1, -0.05) is 96.7 Å². The molecule has 1 saturated carbocycles. The molecule has 5 heteroatoms. The molecule has 0 aromatic heterocycles. The Balaban J connectivity index is 1.66. The largest absolute Gasteiger partial charge is 0.352 e. The Morgan fingerprint density at radius 2 is 1.60 bits per heavy atom. The number of carbonyl (C=O) groups excluding carboxylic acids is 2. The van der Waals surface area contributed by atoms with Crippen LogP contribution in [0.2, 0.25) is 5.02 Å². The standard InChI is InChI=1S/C30H33ClN2O2/c1-22-9-7-12-24(17-22)20-29(34)33(21-25-13-8-14-26(31)18-25)28(19-23-10-3-2-4-11-23)30(35)32-27-15-5-6-16-27/h2-4,7-14,17-18,27-28H,5-6,15-16,19-21H2,1H3,(H,32,35)/t28-/m1/s1. The van der Waals surface area contributed by atoms with Crippen LogP contribution in [0.25, 0.3) is 0 Å². The van der Waals surface area contributed by atoms with Gasteiger partial charge in [0.15, 0.2) is 0 Å². The van der Waals surface area contributed by atoms with Gasteiger partial charge in [0.2, 0.25) is 11.8 Å². The summed E-state index contributed by atoms with van der Waals surface area (Å²) >= 11 is 6.26. The van der Waals surface area contributed by atoms with Crippen LogP contribution < -0.4 is 5.32 Å². The van der Waals surface area contributed by atoms with Crippen molar-refractivity contribution in [3.05, 3.63) is 106 Å². The lowest BCUT2D eigenvalue weighted by Gasteiger charge is -2.32. The monoisotopic (exact) mass is 488 g/mol. The minimum absolute atomic E-state index is 0.0712. The second kappa shape index (κ2) is 12.0. The lowest BCUT2D eigenvalue weighted by molar-refractivity contribution is -0.141. The molecule has 0 bridgehead atoms. The van der Waals surface area contributed by atoms with Crippen molar-refractivity contribution in [1.82, 2.24) is 10.2 Å². The second-order valence-corrected chi connectivity index (χ2v) is 9.95. The van der Waals surface area contributed by atoms with Crippen molar-refractivity contribution in [2.75, 3.05) is 0 Å². The van der Waals surface area contributed by atoms with Crippen LogP contribution in [0.15, 0.2) is 78.9 Å². The topological polar surface area (TPSA) is 49.4 Å². The van der Waals surface area contributed by atoms with Crippen molar-refractivity contribution in [1.29, 1.82) is 0 Å². The summed E-state index contributed by atoms with van der Waals surface area (Å²) < 4.78 is 0. The number of halogens is 1. The molecule has 0 unspecified atom stereocenters. The van der Waals surface area contributed by atoms with E-state index in [4.69, 9.17) is 11.6 Å². The lowest BCUT2D eigenvalue weighted by Crippen LogP contribution is -2.52. The summed E-state index contributed by atoms with van der Waals surface area (Å²) in [4.78, 5) is 29.2. The predicted octanol–water partition coefficient (Wildman–Crippen LogP) is 5.89. The van der Waals surface area contributed by atoms with E-state index < -0.39 is 6.04 Å². The van der Waals surface area contributed by atoms with Crippen molar-refractivity contribution in [2.45, 2.75) is 64.1 Å². The molecule has 0 spiro atoms. The maximum atomic E-state index is 13.8. The minimum atomic E-state index is -0.616. The fourth-order valence-corrected chi connectivity index (χ4v) is 5.06. The van der Waals surface area contributed by atoms with E-state index >= 15 is 0 Å². The first-order valence-electron chi connectivity index (χ1n) is 12.4. The van der Waals surface area contributed by atoms with Gasteiger partial charge >= 0.3 is 0 Å². The van der Waals surface area contributed by atoms with Gasteiger partial charge in [-0.25, -0.2) is 0 Å². The molecule has 1 aliphatic carbocycles. The molecule has 1 aliphatic rings. The van der Waals surface area contributed by atoms with E-state index in [0.717, 1.165) is 47.9 Å². The first-order valence-corrected chi connectivity index (χ1v) is 12.8. The molecule has 0 radical (unpaired) electrons. The molecular formula is C30H33ClN2O2. The fourth-order valence-electron chi connectivity index (χ4n) is 4.85. The third kappa shape index (κ3) is 7.19. The van der Waals surface area contributed by atoms with Crippen molar-refractivity contribution in [3.63, 3.8) is 0 Å². The molecule has 35 heavy (non-hydrogen) atoms. The number of benzene rings is 3. The van der Waals surface area contributed by atoms with Gasteiger partial charge in [-0.2, -0.15) is 0 Å². The number of carbonyl (C=O) groups is 2. The van der Waals surface area contributed by atoms with Crippen molar-refractivity contribution < 1.29 is 9.59 Å². The molecular weight excluding hydrogens is 456 g/mol. The maximum absolute atomic E-state index is 13.8. The molecule has 4 rings (SSSR count). The van der Waals surface area contributed by atoms with E-state index in [1.807, 2.05) is 85.8 Å². The Kier molecular flexibility index (Phi) is 8.59. The van der Waals surface area contributed by atoms with Crippen LogP contribution in [0, 0.1) is 6.92 Å². The molecule has 4 nitrogen and oxygen atoms in total. The number of nitrogens with one attached hydrogen (secondary N) is 1. The zero-order chi connectivity index (χ0) is 24.6. The van der Waals surface area contributed by atoms with Crippen molar-refractivity contribution in [2.24, 2.45) is 0 Å². The highest BCUT2D eigenvalue weighted by Gasteiger charge is 2.32. The summed E-state index contributed by atoms with van der Waals surface area (Å²) in [6.45, 7) is 2.34. The normalized spacial score (nSPS) is 14.5. The summed E-state index contributed by atoms with van der Waals surface area (Å²) in [6.07, 6.45) is 4.95. The van der Waals surface area contributed by atoms with Gasteiger partial charge in [-0.15, -0.1) is 0 Å². The predicted molar refractivity (Wildman–Crippen MR) is 141 cm³/mol. The minimum Gasteiger partial charge on any atom is -0.352 e. The molecule has 1 atom stereocenters. The number of hydrogen-bond acceptors (Lipinski definition) is 2. The van der Waals surface area contributed by atoms with Gasteiger partial charge in [0.25, 0.3) is 0 Å². The molecule has 0 aliphatic heterocycles. The smallest absolute Gasteiger partial charge is 0.243 e. The van der Waals surface area contributed by atoms with Gasteiger partial charge in [0.1, 0.15) is 6.04 Å². The molecule has 182 valence electrons. The Bertz CT molecular complexity index is 1140. The van der Waals surface area contributed by atoms with Crippen LogP contribution in [0.3, 0.4) is 0 Å². The third-order valence-corrected chi connectivity index (χ3v) is 6.89. The number of nitrogens with zero attached hydrogens (tertiary/aromatic N) is 1.